The molecule has 2 atom stereocenters. The minimum absolute atomic E-state index is 0.302. The number of aliphatic hydroxyl groups excluding tert-OH is 1. The maximum atomic E-state index is 9.22. The maximum Gasteiger partial charge on any atom is 0.119 e. The van der Waals surface area contributed by atoms with Gasteiger partial charge in [-0.2, -0.15) is 0 Å². The minimum Gasteiger partial charge on any atom is -0.491 e. The zero-order valence-corrected chi connectivity index (χ0v) is 18.8. The summed E-state index contributed by atoms with van der Waals surface area (Å²) in [6.45, 7) is 11.4. The first-order chi connectivity index (χ1) is 14.1. The molecular formula is C24H43NO4. The standard InChI is InChI=1S/C24H43NO4/c1-4-5-6-8-21(2)20-25-13-16-28-17-18-29-24-10-7-9-23(19-24)12-15-27-14-11-22(3)26/h7,9-10,19,21-22,25-26H,4-6,8,11-18,20H2,1-3H3. The van der Waals surface area contributed by atoms with Crippen LogP contribution in [0.4, 0.5) is 0 Å². The number of unbranched alkanes of at least 4 members (excludes halogenated alkanes) is 2. The Balaban J connectivity index is 2.01. The molecule has 0 amide bonds. The van der Waals surface area contributed by atoms with Crippen LogP contribution in [-0.4, -0.2) is 57.3 Å². The summed E-state index contributed by atoms with van der Waals surface area (Å²) in [5, 5.41) is 12.7. The molecule has 0 aliphatic heterocycles. The van der Waals surface area contributed by atoms with Crippen molar-refractivity contribution >= 4 is 0 Å². The highest BCUT2D eigenvalue weighted by Gasteiger charge is 2.02. The lowest BCUT2D eigenvalue weighted by atomic mass is 10.0. The smallest absolute Gasteiger partial charge is 0.119 e. The number of hydrogen-bond acceptors (Lipinski definition) is 5. The molecule has 0 heterocycles. The third-order valence-electron chi connectivity index (χ3n) is 4.83. The maximum absolute atomic E-state index is 9.22. The van der Waals surface area contributed by atoms with Crippen LogP contribution in [0.15, 0.2) is 24.3 Å². The molecule has 0 spiro atoms. The number of ether oxygens (including phenoxy) is 3. The van der Waals surface area contributed by atoms with Crippen molar-refractivity contribution < 1.29 is 19.3 Å². The highest BCUT2D eigenvalue weighted by Crippen LogP contribution is 2.14. The van der Waals surface area contributed by atoms with E-state index in [0.717, 1.165) is 37.8 Å². The first-order valence-corrected chi connectivity index (χ1v) is 11.4. The van der Waals surface area contributed by atoms with Gasteiger partial charge in [-0.25, -0.2) is 0 Å². The molecule has 2 N–H and O–H groups in total. The molecule has 5 heteroatoms. The zero-order valence-electron chi connectivity index (χ0n) is 18.8. The number of aliphatic hydroxyl groups is 1. The Kier molecular flexibility index (Phi) is 15.8. The van der Waals surface area contributed by atoms with Crippen LogP contribution in [0.25, 0.3) is 0 Å². The van der Waals surface area contributed by atoms with E-state index < -0.39 is 0 Å². The monoisotopic (exact) mass is 409 g/mol. The molecule has 5 nitrogen and oxygen atoms in total. The van der Waals surface area contributed by atoms with E-state index >= 15 is 0 Å². The van der Waals surface area contributed by atoms with E-state index in [1.54, 1.807) is 6.92 Å². The topological polar surface area (TPSA) is 60.0 Å². The van der Waals surface area contributed by atoms with E-state index in [-0.39, 0.29) is 6.10 Å². The van der Waals surface area contributed by atoms with E-state index in [0.29, 0.717) is 32.8 Å². The Morgan fingerprint density at radius 1 is 0.966 bits per heavy atom. The summed E-state index contributed by atoms with van der Waals surface area (Å²) in [4.78, 5) is 0. The van der Waals surface area contributed by atoms with Gasteiger partial charge in [0, 0.05) is 13.2 Å². The molecule has 0 aromatic heterocycles. The summed E-state index contributed by atoms with van der Waals surface area (Å²) in [5.41, 5.74) is 1.19. The Morgan fingerprint density at radius 3 is 2.59 bits per heavy atom. The van der Waals surface area contributed by atoms with Crippen LogP contribution in [-0.2, 0) is 15.9 Å². The fourth-order valence-corrected chi connectivity index (χ4v) is 2.99. The first-order valence-electron chi connectivity index (χ1n) is 11.4. The van der Waals surface area contributed by atoms with Crippen molar-refractivity contribution in [2.75, 3.05) is 46.1 Å². The highest BCUT2D eigenvalue weighted by atomic mass is 16.5. The average molecular weight is 410 g/mol. The molecule has 0 radical (unpaired) electrons. The number of nitrogens with one attached hydrogen (secondary N) is 1. The summed E-state index contributed by atoms with van der Waals surface area (Å²) < 4.78 is 17.0. The van der Waals surface area contributed by atoms with Crippen LogP contribution in [0.3, 0.4) is 0 Å². The van der Waals surface area contributed by atoms with Gasteiger partial charge in [-0.05, 0) is 56.3 Å². The molecule has 0 saturated heterocycles. The van der Waals surface area contributed by atoms with Gasteiger partial charge in [-0.3, -0.25) is 0 Å². The van der Waals surface area contributed by atoms with Gasteiger partial charge in [0.15, 0.2) is 0 Å². The van der Waals surface area contributed by atoms with Gasteiger partial charge < -0.3 is 24.6 Å². The molecule has 1 rings (SSSR count). The van der Waals surface area contributed by atoms with Crippen molar-refractivity contribution in [1.29, 1.82) is 0 Å². The van der Waals surface area contributed by atoms with Crippen molar-refractivity contribution in [3.63, 3.8) is 0 Å². The van der Waals surface area contributed by atoms with Crippen LogP contribution >= 0.6 is 0 Å². The lowest BCUT2D eigenvalue weighted by Crippen LogP contribution is -2.25. The van der Waals surface area contributed by atoms with Crippen molar-refractivity contribution in [2.24, 2.45) is 5.92 Å². The fourth-order valence-electron chi connectivity index (χ4n) is 2.99. The SMILES string of the molecule is CCCCCC(C)CNCCOCCOc1cccc(CCOCCC(C)O)c1. The van der Waals surface area contributed by atoms with Crippen molar-refractivity contribution in [3.8, 4) is 5.75 Å². The molecule has 1 aromatic rings. The van der Waals surface area contributed by atoms with Gasteiger partial charge in [0.05, 0.1) is 25.9 Å². The van der Waals surface area contributed by atoms with E-state index in [1.165, 1.54) is 31.2 Å². The lowest BCUT2D eigenvalue weighted by Gasteiger charge is -2.12. The van der Waals surface area contributed by atoms with Crippen LogP contribution in [0, 0.1) is 5.92 Å². The fraction of sp³-hybridized carbons (Fsp3) is 0.750. The lowest BCUT2D eigenvalue weighted by molar-refractivity contribution is 0.0909. The summed E-state index contributed by atoms with van der Waals surface area (Å²) in [6.07, 6.45) is 6.50. The van der Waals surface area contributed by atoms with Crippen molar-refractivity contribution in [2.45, 2.75) is 65.4 Å². The molecule has 0 saturated carbocycles. The molecule has 0 bridgehead atoms. The Labute approximate surface area is 178 Å². The minimum atomic E-state index is -0.302. The van der Waals surface area contributed by atoms with Crippen LogP contribution in [0.2, 0.25) is 0 Å². The average Bonchev–Trinajstić information content (AvgIpc) is 2.70. The van der Waals surface area contributed by atoms with Gasteiger partial charge >= 0.3 is 0 Å². The molecule has 168 valence electrons. The van der Waals surface area contributed by atoms with Gasteiger partial charge in [-0.15, -0.1) is 0 Å². The molecule has 0 aliphatic rings. The van der Waals surface area contributed by atoms with E-state index in [2.05, 4.69) is 31.3 Å². The Bertz CT molecular complexity index is 496. The molecule has 2 unspecified atom stereocenters. The van der Waals surface area contributed by atoms with Crippen LogP contribution in [0.5, 0.6) is 5.75 Å². The van der Waals surface area contributed by atoms with Crippen LogP contribution in [0.1, 0.15) is 58.4 Å². The molecule has 1 aromatic carbocycles. The van der Waals surface area contributed by atoms with E-state index in [4.69, 9.17) is 14.2 Å². The summed E-state index contributed by atoms with van der Waals surface area (Å²) in [5.74, 6) is 1.61. The molecular weight excluding hydrogens is 366 g/mol. The van der Waals surface area contributed by atoms with Gasteiger partial charge in [-0.1, -0.05) is 45.2 Å². The summed E-state index contributed by atoms with van der Waals surface area (Å²) in [7, 11) is 0. The second-order valence-corrected chi connectivity index (χ2v) is 7.91. The Hall–Kier alpha value is -1.14. The second kappa shape index (κ2) is 17.7. The predicted molar refractivity (Wildman–Crippen MR) is 120 cm³/mol. The number of benzene rings is 1. The van der Waals surface area contributed by atoms with Gasteiger partial charge in [0.2, 0.25) is 0 Å². The van der Waals surface area contributed by atoms with E-state index in [1.807, 2.05) is 12.1 Å². The summed E-state index contributed by atoms with van der Waals surface area (Å²) in [6, 6.07) is 8.11. The third kappa shape index (κ3) is 15.4. The van der Waals surface area contributed by atoms with Crippen molar-refractivity contribution in [3.05, 3.63) is 29.8 Å². The highest BCUT2D eigenvalue weighted by molar-refractivity contribution is 5.28. The van der Waals surface area contributed by atoms with Crippen molar-refractivity contribution in [1.82, 2.24) is 5.32 Å². The quantitative estimate of drug-likeness (QED) is 0.335. The normalized spacial score (nSPS) is 13.4. The number of rotatable bonds is 19. The summed E-state index contributed by atoms with van der Waals surface area (Å²) >= 11 is 0. The van der Waals surface area contributed by atoms with Crippen LogP contribution < -0.4 is 10.1 Å². The number of hydrogen-bond donors (Lipinski definition) is 2. The second-order valence-electron chi connectivity index (χ2n) is 7.91. The van der Waals surface area contributed by atoms with E-state index in [9.17, 15) is 5.11 Å². The first kappa shape index (κ1) is 25.9. The molecule has 0 fully saturated rings. The molecule has 29 heavy (non-hydrogen) atoms. The zero-order chi connectivity index (χ0) is 21.2. The predicted octanol–water partition coefficient (Wildman–Crippen LogP) is 4.22. The Morgan fingerprint density at radius 2 is 1.79 bits per heavy atom. The molecule has 0 aliphatic carbocycles. The van der Waals surface area contributed by atoms with Gasteiger partial charge in [0.1, 0.15) is 12.4 Å². The van der Waals surface area contributed by atoms with Gasteiger partial charge in [0.25, 0.3) is 0 Å². The third-order valence-corrected chi connectivity index (χ3v) is 4.83. The largest absolute Gasteiger partial charge is 0.491 e.